The monoisotopic (exact) mass is 532 g/mol. The minimum Gasteiger partial charge on any atom is -0.496 e. The number of fused-ring (bicyclic) bond motifs is 1. The number of hydrogen-bond acceptors (Lipinski definition) is 6. The number of aryl methyl sites for hydroxylation is 1. The number of carbonyl (C=O) groups excluding carboxylic acids is 1. The van der Waals surface area contributed by atoms with Gasteiger partial charge in [0.25, 0.3) is 0 Å². The van der Waals surface area contributed by atoms with Gasteiger partial charge in [-0.1, -0.05) is 38.5 Å². The van der Waals surface area contributed by atoms with Crippen molar-refractivity contribution in [3.8, 4) is 22.6 Å². The Kier molecular flexibility index (Phi) is 9.25. The number of hydrogen-bond donors (Lipinski definition) is 0. The van der Waals surface area contributed by atoms with E-state index in [2.05, 4.69) is 18.2 Å². The van der Waals surface area contributed by atoms with Crippen LogP contribution in [0, 0.1) is 5.41 Å². The van der Waals surface area contributed by atoms with Gasteiger partial charge in [0.2, 0.25) is 0 Å². The van der Waals surface area contributed by atoms with Gasteiger partial charge in [-0.25, -0.2) is 9.59 Å². The molecule has 0 aliphatic heterocycles. The minimum atomic E-state index is -4.71. The van der Waals surface area contributed by atoms with Crippen molar-refractivity contribution in [2.45, 2.75) is 45.7 Å². The Morgan fingerprint density at radius 2 is 1.82 bits per heavy atom. The second-order valence-electron chi connectivity index (χ2n) is 9.30. The summed E-state index contributed by atoms with van der Waals surface area (Å²) in [7, 11) is 1.54. The number of alkyl halides is 3. The van der Waals surface area contributed by atoms with Gasteiger partial charge in [-0.15, -0.1) is 0 Å². The molecule has 1 aromatic heterocycles. The predicted octanol–water partition coefficient (Wildman–Crippen LogP) is 6.88. The summed E-state index contributed by atoms with van der Waals surface area (Å²) in [5.41, 5.74) is -0.947. The maximum Gasteiger partial charge on any atom is 0.400 e. The van der Waals surface area contributed by atoms with Crippen molar-refractivity contribution in [3.63, 3.8) is 0 Å². The van der Waals surface area contributed by atoms with Gasteiger partial charge in [0.05, 0.1) is 12.7 Å². The van der Waals surface area contributed by atoms with E-state index in [9.17, 15) is 22.8 Å². The van der Waals surface area contributed by atoms with Gasteiger partial charge < -0.3 is 18.6 Å². The molecule has 1 atom stereocenters. The van der Waals surface area contributed by atoms with Crippen molar-refractivity contribution in [3.05, 3.63) is 71.1 Å². The molecule has 0 saturated carbocycles. The highest BCUT2D eigenvalue weighted by Gasteiger charge is 2.53. The van der Waals surface area contributed by atoms with E-state index in [0.29, 0.717) is 22.3 Å². The molecule has 0 saturated heterocycles. The molecule has 0 N–H and O–H groups in total. The Balaban J connectivity index is 1.85. The Morgan fingerprint density at radius 3 is 2.47 bits per heavy atom. The number of halogens is 3. The van der Waals surface area contributed by atoms with Crippen molar-refractivity contribution in [2.24, 2.45) is 5.41 Å². The average molecular weight is 533 g/mol. The molecule has 3 rings (SSSR count). The van der Waals surface area contributed by atoms with Crippen LogP contribution in [0.5, 0.6) is 11.5 Å². The Morgan fingerprint density at radius 1 is 1.05 bits per heavy atom. The first-order valence-electron chi connectivity index (χ1n) is 12.2. The van der Waals surface area contributed by atoms with E-state index in [0.717, 1.165) is 44.2 Å². The Bertz CT molecular complexity index is 1340. The molecule has 6 nitrogen and oxygen atoms in total. The first kappa shape index (κ1) is 28.8. The molecular formula is C29H31F3O6. The van der Waals surface area contributed by atoms with Crippen molar-refractivity contribution in [1.29, 1.82) is 0 Å². The van der Waals surface area contributed by atoms with Crippen LogP contribution < -0.4 is 15.1 Å². The van der Waals surface area contributed by atoms with Gasteiger partial charge in [0.1, 0.15) is 35.7 Å². The quantitative estimate of drug-likeness (QED) is 0.110. The molecule has 0 aliphatic carbocycles. The zero-order valence-electron chi connectivity index (χ0n) is 21.7. The summed E-state index contributed by atoms with van der Waals surface area (Å²) in [6, 6.07) is 11.8. The van der Waals surface area contributed by atoms with E-state index >= 15 is 0 Å². The first-order valence-corrected chi connectivity index (χ1v) is 12.2. The zero-order valence-corrected chi connectivity index (χ0v) is 21.7. The maximum absolute atomic E-state index is 13.7. The molecular weight excluding hydrogens is 501 g/mol. The molecule has 0 bridgehead atoms. The second-order valence-corrected chi connectivity index (χ2v) is 9.30. The summed E-state index contributed by atoms with van der Waals surface area (Å²) in [6.45, 7) is 4.44. The SMILES string of the molecule is C=CC(=O)OCC(C)(COc1ccc2cc(-c3ccc(CCCCC)cc3OC)c(=O)oc2c1)C(F)(F)F. The van der Waals surface area contributed by atoms with Gasteiger partial charge in [0.15, 0.2) is 0 Å². The summed E-state index contributed by atoms with van der Waals surface area (Å²) in [5, 5.41) is 0.555. The Hall–Kier alpha value is -3.75. The minimum absolute atomic E-state index is 0.0629. The number of carbonyl (C=O) groups is 1. The second kappa shape index (κ2) is 12.2. The molecule has 9 heteroatoms. The third-order valence-electron chi connectivity index (χ3n) is 6.27. The van der Waals surface area contributed by atoms with Crippen LogP contribution in [-0.2, 0) is 16.0 Å². The molecule has 1 heterocycles. The third kappa shape index (κ3) is 6.76. The molecule has 1 unspecified atom stereocenters. The number of unbranched alkanes of at least 4 members (excludes halogenated alkanes) is 2. The lowest BCUT2D eigenvalue weighted by Gasteiger charge is -2.31. The van der Waals surface area contributed by atoms with Crippen LogP contribution in [0.25, 0.3) is 22.1 Å². The lowest BCUT2D eigenvalue weighted by atomic mass is 9.92. The van der Waals surface area contributed by atoms with Crippen molar-refractivity contribution in [2.75, 3.05) is 20.3 Å². The third-order valence-corrected chi connectivity index (χ3v) is 6.27. The summed E-state index contributed by atoms with van der Waals surface area (Å²) in [5.74, 6) is -0.353. The lowest BCUT2D eigenvalue weighted by Crippen LogP contribution is -2.44. The van der Waals surface area contributed by atoms with E-state index in [1.807, 2.05) is 18.2 Å². The lowest BCUT2D eigenvalue weighted by molar-refractivity contribution is -0.240. The first-order chi connectivity index (χ1) is 18.0. The smallest absolute Gasteiger partial charge is 0.400 e. The van der Waals surface area contributed by atoms with Gasteiger partial charge in [-0.05, 0) is 49.6 Å². The van der Waals surface area contributed by atoms with Crippen LogP contribution in [0.4, 0.5) is 13.2 Å². The zero-order chi connectivity index (χ0) is 27.9. The molecule has 204 valence electrons. The normalized spacial score (nSPS) is 13.1. The number of benzene rings is 2. The maximum atomic E-state index is 13.7. The molecule has 0 radical (unpaired) electrons. The highest BCUT2D eigenvalue weighted by Crippen LogP contribution is 2.39. The molecule has 0 amide bonds. The van der Waals surface area contributed by atoms with Gasteiger partial charge in [0, 0.05) is 23.1 Å². The van der Waals surface area contributed by atoms with E-state index < -0.39 is 36.4 Å². The largest absolute Gasteiger partial charge is 0.496 e. The van der Waals surface area contributed by atoms with Gasteiger partial charge in [-0.2, -0.15) is 13.2 Å². The van der Waals surface area contributed by atoms with Crippen molar-refractivity contribution in [1.82, 2.24) is 0 Å². The van der Waals surface area contributed by atoms with Crippen LogP contribution in [0.1, 0.15) is 38.7 Å². The van der Waals surface area contributed by atoms with E-state index in [4.69, 9.17) is 13.9 Å². The van der Waals surface area contributed by atoms with Crippen LogP contribution in [0.15, 0.2) is 64.3 Å². The molecule has 0 aliphatic rings. The fraction of sp³-hybridized carbons (Fsp3) is 0.379. The summed E-state index contributed by atoms with van der Waals surface area (Å²) >= 11 is 0. The molecule has 38 heavy (non-hydrogen) atoms. The van der Waals surface area contributed by atoms with Crippen LogP contribution in [0.2, 0.25) is 0 Å². The molecule has 0 spiro atoms. The number of esters is 1. The topological polar surface area (TPSA) is 75.0 Å². The average Bonchev–Trinajstić information content (AvgIpc) is 2.89. The van der Waals surface area contributed by atoms with Crippen LogP contribution >= 0.6 is 0 Å². The summed E-state index contributed by atoms with van der Waals surface area (Å²) in [6.07, 6.45) is 0.286. The van der Waals surface area contributed by atoms with Gasteiger partial charge in [-0.3, -0.25) is 0 Å². The summed E-state index contributed by atoms with van der Waals surface area (Å²) in [4.78, 5) is 24.1. The van der Waals surface area contributed by atoms with Crippen LogP contribution in [-0.4, -0.2) is 32.5 Å². The highest BCUT2D eigenvalue weighted by atomic mass is 19.4. The van der Waals surface area contributed by atoms with E-state index in [1.54, 1.807) is 12.1 Å². The van der Waals surface area contributed by atoms with Crippen molar-refractivity contribution >= 4 is 16.9 Å². The highest BCUT2D eigenvalue weighted by molar-refractivity contribution is 5.84. The summed E-state index contributed by atoms with van der Waals surface area (Å²) < 4.78 is 62.1. The molecule has 3 aromatic rings. The Labute approximate surface area is 219 Å². The number of ether oxygens (including phenoxy) is 3. The fourth-order valence-corrected chi connectivity index (χ4v) is 3.80. The standard InChI is InChI=1S/C29H31F3O6/c1-5-7-8-9-19-10-13-22(25(14-19)35-4)23-15-20-11-12-21(16-24(20)38-27(23)34)36-17-28(3,29(30,31)32)18-37-26(33)6-2/h6,10-16H,2,5,7-9,17-18H2,1,3-4H3. The van der Waals surface area contributed by atoms with Crippen molar-refractivity contribution < 1.29 is 36.6 Å². The van der Waals surface area contributed by atoms with Gasteiger partial charge >= 0.3 is 17.8 Å². The molecule has 0 fully saturated rings. The van der Waals surface area contributed by atoms with E-state index in [1.165, 1.54) is 19.2 Å². The molecule has 2 aromatic carbocycles. The number of rotatable bonds is 12. The van der Waals surface area contributed by atoms with E-state index in [-0.39, 0.29) is 11.3 Å². The number of methoxy groups -OCH3 is 1. The predicted molar refractivity (Wildman–Crippen MR) is 139 cm³/mol. The fourth-order valence-electron chi connectivity index (χ4n) is 3.80. The van der Waals surface area contributed by atoms with Crippen LogP contribution in [0.3, 0.4) is 0 Å².